The van der Waals surface area contributed by atoms with Crippen molar-refractivity contribution < 1.29 is 18.0 Å². The molecule has 1 aromatic carbocycles. The lowest BCUT2D eigenvalue weighted by molar-refractivity contribution is -0.123. The van der Waals surface area contributed by atoms with Gasteiger partial charge in [0.2, 0.25) is 21.8 Å². The number of carbonyl (C=O) groups is 2. The van der Waals surface area contributed by atoms with Crippen LogP contribution in [0.1, 0.15) is 43.6 Å². The van der Waals surface area contributed by atoms with Gasteiger partial charge in [-0.2, -0.15) is 0 Å². The highest BCUT2D eigenvalue weighted by molar-refractivity contribution is 7.89. The molecule has 31 heavy (non-hydrogen) atoms. The van der Waals surface area contributed by atoms with Crippen LogP contribution in [0.3, 0.4) is 0 Å². The Balaban J connectivity index is 1.95. The number of amides is 2. The zero-order valence-corrected chi connectivity index (χ0v) is 19.5. The molecule has 1 heterocycles. The van der Waals surface area contributed by atoms with E-state index in [-0.39, 0.29) is 30.0 Å². The van der Waals surface area contributed by atoms with Gasteiger partial charge in [-0.3, -0.25) is 14.5 Å². The van der Waals surface area contributed by atoms with Gasteiger partial charge in [0.25, 0.3) is 0 Å². The fourth-order valence-corrected chi connectivity index (χ4v) is 4.55. The highest BCUT2D eigenvalue weighted by atomic mass is 32.2. The average molecular weight is 453 g/mol. The van der Waals surface area contributed by atoms with Crippen molar-refractivity contribution in [2.24, 2.45) is 0 Å². The minimum Gasteiger partial charge on any atom is -0.356 e. The summed E-state index contributed by atoms with van der Waals surface area (Å²) in [5.74, 6) is 0.254. The number of rotatable bonds is 6. The second-order valence-electron chi connectivity index (χ2n) is 8.22. The molecule has 1 aromatic rings. The zero-order chi connectivity index (χ0) is 22.7. The smallest absolute Gasteiger partial charge is 0.234 e. The van der Waals surface area contributed by atoms with Crippen LogP contribution in [0.25, 0.3) is 0 Å². The lowest BCUT2D eigenvalue weighted by atomic mass is 9.91. The zero-order valence-electron chi connectivity index (χ0n) is 18.7. The van der Waals surface area contributed by atoms with E-state index in [1.54, 1.807) is 0 Å². The second kappa shape index (κ2) is 12.8. The van der Waals surface area contributed by atoms with Crippen LogP contribution in [-0.2, 0) is 19.6 Å². The third kappa shape index (κ3) is 9.37. The van der Waals surface area contributed by atoms with Gasteiger partial charge < -0.3 is 10.6 Å². The van der Waals surface area contributed by atoms with Crippen molar-refractivity contribution in [3.05, 3.63) is 35.9 Å². The van der Waals surface area contributed by atoms with Crippen LogP contribution in [0.15, 0.2) is 30.3 Å². The summed E-state index contributed by atoms with van der Waals surface area (Å²) in [6.07, 6.45) is 3.14. The van der Waals surface area contributed by atoms with E-state index < -0.39 is 10.0 Å². The molecule has 2 N–H and O–H groups in total. The molecule has 9 heteroatoms. The van der Waals surface area contributed by atoms with Gasteiger partial charge in [0, 0.05) is 40.2 Å². The number of nitrogens with zero attached hydrogens (tertiary/aromatic N) is 2. The molecule has 0 aliphatic carbocycles. The summed E-state index contributed by atoms with van der Waals surface area (Å²) in [6, 6.07) is 10.1. The van der Waals surface area contributed by atoms with Crippen molar-refractivity contribution in [1.29, 1.82) is 0 Å². The van der Waals surface area contributed by atoms with E-state index in [2.05, 4.69) is 22.8 Å². The Bertz CT molecular complexity index is 799. The molecule has 2 amide bonds. The second-order valence-corrected chi connectivity index (χ2v) is 10.5. The number of sulfonamides is 1. The molecule has 0 aromatic heterocycles. The van der Waals surface area contributed by atoms with Crippen molar-refractivity contribution in [3.8, 4) is 0 Å². The predicted molar refractivity (Wildman–Crippen MR) is 122 cm³/mol. The topological polar surface area (TPSA) is 98.8 Å². The number of carbonyl (C=O) groups excluding carboxylic acids is 2. The highest BCUT2D eigenvalue weighted by Crippen LogP contribution is 2.24. The molecule has 1 atom stereocenters. The summed E-state index contributed by atoms with van der Waals surface area (Å²) in [5, 5.41) is 5.96. The van der Waals surface area contributed by atoms with Gasteiger partial charge in [-0.05, 0) is 43.7 Å². The lowest BCUT2D eigenvalue weighted by Gasteiger charge is -2.23. The third-order valence-corrected chi connectivity index (χ3v) is 7.50. The average Bonchev–Trinajstić information content (AvgIpc) is 2.73. The van der Waals surface area contributed by atoms with Crippen molar-refractivity contribution in [2.45, 2.75) is 38.0 Å². The summed E-state index contributed by atoms with van der Waals surface area (Å²) < 4.78 is 25.2. The molecule has 1 aliphatic heterocycles. The standard InChI is InChI=1S/C22H36N4O4S/c1-25(2)31(29,30)17-7-16-26-15-6-13-23-21(27)11-10-20(12-14-24-22(28)18-26)19-8-4-3-5-9-19/h3-5,8-9,20H,6-7,10-18H2,1-2H3,(H,23,27)(H,24,28). The minimum absolute atomic E-state index is 0.0469. The van der Waals surface area contributed by atoms with Crippen LogP contribution in [0, 0.1) is 0 Å². The quantitative estimate of drug-likeness (QED) is 0.675. The monoisotopic (exact) mass is 452 g/mol. The first-order valence-electron chi connectivity index (χ1n) is 11.0. The summed E-state index contributed by atoms with van der Waals surface area (Å²) in [7, 11) is -0.205. The van der Waals surface area contributed by atoms with E-state index in [1.165, 1.54) is 24.0 Å². The Hall–Kier alpha value is -1.97. The molecule has 0 radical (unpaired) electrons. The van der Waals surface area contributed by atoms with Crippen LogP contribution in [-0.4, -0.2) is 82.0 Å². The van der Waals surface area contributed by atoms with E-state index >= 15 is 0 Å². The molecular weight excluding hydrogens is 416 g/mol. The maximum absolute atomic E-state index is 12.5. The number of benzene rings is 1. The lowest BCUT2D eigenvalue weighted by Crippen LogP contribution is -2.40. The molecule has 1 unspecified atom stereocenters. The summed E-state index contributed by atoms with van der Waals surface area (Å²) in [4.78, 5) is 26.7. The van der Waals surface area contributed by atoms with Crippen LogP contribution in [0.5, 0.6) is 0 Å². The Labute approximate surface area is 186 Å². The molecule has 1 saturated heterocycles. The van der Waals surface area contributed by atoms with Gasteiger partial charge in [-0.15, -0.1) is 0 Å². The van der Waals surface area contributed by atoms with Gasteiger partial charge in [-0.25, -0.2) is 12.7 Å². The molecule has 0 saturated carbocycles. The molecule has 174 valence electrons. The summed E-state index contributed by atoms with van der Waals surface area (Å²) in [6.45, 7) is 2.46. The Morgan fingerprint density at radius 3 is 2.45 bits per heavy atom. The Morgan fingerprint density at radius 2 is 1.74 bits per heavy atom. The van der Waals surface area contributed by atoms with Crippen molar-refractivity contribution >= 4 is 21.8 Å². The van der Waals surface area contributed by atoms with Crippen molar-refractivity contribution in [2.75, 3.05) is 52.6 Å². The van der Waals surface area contributed by atoms with E-state index in [0.29, 0.717) is 45.4 Å². The highest BCUT2D eigenvalue weighted by Gasteiger charge is 2.18. The van der Waals surface area contributed by atoms with Crippen molar-refractivity contribution in [3.63, 3.8) is 0 Å². The van der Waals surface area contributed by atoms with Gasteiger partial charge in [0.15, 0.2) is 0 Å². The van der Waals surface area contributed by atoms with E-state index in [9.17, 15) is 18.0 Å². The largest absolute Gasteiger partial charge is 0.356 e. The van der Waals surface area contributed by atoms with Crippen LogP contribution in [0.4, 0.5) is 0 Å². The molecule has 0 bridgehead atoms. The van der Waals surface area contributed by atoms with Gasteiger partial charge in [-0.1, -0.05) is 30.3 Å². The van der Waals surface area contributed by atoms with Gasteiger partial charge >= 0.3 is 0 Å². The number of hydrogen-bond acceptors (Lipinski definition) is 5. The molecule has 2 rings (SSSR count). The van der Waals surface area contributed by atoms with E-state index in [0.717, 1.165) is 12.8 Å². The Morgan fingerprint density at radius 1 is 1.03 bits per heavy atom. The van der Waals surface area contributed by atoms with Crippen LogP contribution < -0.4 is 10.6 Å². The van der Waals surface area contributed by atoms with Crippen LogP contribution in [0.2, 0.25) is 0 Å². The maximum Gasteiger partial charge on any atom is 0.234 e. The molecule has 1 fully saturated rings. The first kappa shape index (κ1) is 25.3. The van der Waals surface area contributed by atoms with E-state index in [1.807, 2.05) is 23.1 Å². The maximum atomic E-state index is 12.5. The SMILES string of the molecule is CN(C)S(=O)(=O)CCCN1CCCNC(=O)CCC(c2ccccc2)CCNC(=O)C1. The Kier molecular flexibility index (Phi) is 10.4. The molecule has 0 spiro atoms. The third-order valence-electron chi connectivity index (χ3n) is 5.58. The van der Waals surface area contributed by atoms with Crippen molar-refractivity contribution in [1.82, 2.24) is 19.8 Å². The number of nitrogens with one attached hydrogen (secondary N) is 2. The molecular formula is C22H36N4O4S. The van der Waals surface area contributed by atoms with Gasteiger partial charge in [0.1, 0.15) is 0 Å². The predicted octanol–water partition coefficient (Wildman–Crippen LogP) is 1.16. The molecule has 1 aliphatic rings. The summed E-state index contributed by atoms with van der Waals surface area (Å²) in [5.41, 5.74) is 1.18. The molecule has 8 nitrogen and oxygen atoms in total. The first-order valence-corrected chi connectivity index (χ1v) is 12.6. The summed E-state index contributed by atoms with van der Waals surface area (Å²) >= 11 is 0. The van der Waals surface area contributed by atoms with Gasteiger partial charge in [0.05, 0.1) is 12.3 Å². The fourth-order valence-electron chi connectivity index (χ4n) is 3.69. The van der Waals surface area contributed by atoms with E-state index in [4.69, 9.17) is 0 Å². The minimum atomic E-state index is -3.25. The number of hydrogen-bond donors (Lipinski definition) is 2. The van der Waals surface area contributed by atoms with Crippen LogP contribution >= 0.6 is 0 Å². The normalized spacial score (nSPS) is 20.7. The first-order chi connectivity index (χ1) is 14.8. The fraction of sp³-hybridized carbons (Fsp3) is 0.636.